The first-order chi connectivity index (χ1) is 13.6. The predicted molar refractivity (Wildman–Crippen MR) is 128 cm³/mol. The lowest BCUT2D eigenvalue weighted by Gasteiger charge is -2.29. The van der Waals surface area contributed by atoms with Crippen LogP contribution in [0.15, 0.2) is 33.8 Å². The van der Waals surface area contributed by atoms with E-state index in [9.17, 15) is 0 Å². The minimum absolute atomic E-state index is 0. The molecule has 9 heteroatoms. The third-order valence-corrected chi connectivity index (χ3v) is 5.41. The highest BCUT2D eigenvalue weighted by molar-refractivity contribution is 14.0. The number of nitrogens with zero attached hydrogens (tertiary/aromatic N) is 5. The normalized spacial score (nSPS) is 17.2. The summed E-state index contributed by atoms with van der Waals surface area (Å²) >= 11 is 5.92. The average Bonchev–Trinajstić information content (AvgIpc) is 3.35. The van der Waals surface area contributed by atoms with Crippen LogP contribution in [0, 0.1) is 0 Å². The zero-order valence-corrected chi connectivity index (χ0v) is 20.4. The van der Waals surface area contributed by atoms with Gasteiger partial charge in [-0.15, -0.1) is 24.0 Å². The third kappa shape index (κ3) is 6.55. The van der Waals surface area contributed by atoms with E-state index in [-0.39, 0.29) is 24.0 Å². The molecule has 3 rings (SSSR count). The van der Waals surface area contributed by atoms with Crippen LogP contribution < -0.4 is 5.32 Å². The molecule has 0 saturated carbocycles. The molecule has 7 nitrogen and oxygen atoms in total. The molecule has 1 aromatic carbocycles. The van der Waals surface area contributed by atoms with Gasteiger partial charge in [0.05, 0.1) is 0 Å². The van der Waals surface area contributed by atoms with Gasteiger partial charge in [-0.05, 0) is 50.2 Å². The average molecular weight is 533 g/mol. The summed E-state index contributed by atoms with van der Waals surface area (Å²) in [6.07, 6.45) is 3.17. The summed E-state index contributed by atoms with van der Waals surface area (Å²) in [5.74, 6) is 2.07. The second kappa shape index (κ2) is 11.7. The van der Waals surface area contributed by atoms with E-state index >= 15 is 0 Å². The quantitative estimate of drug-likeness (QED) is 0.334. The van der Waals surface area contributed by atoms with Crippen molar-refractivity contribution < 1.29 is 4.52 Å². The van der Waals surface area contributed by atoms with Crippen molar-refractivity contribution in [2.24, 2.45) is 4.99 Å². The van der Waals surface area contributed by atoms with Crippen LogP contribution in [0.1, 0.15) is 25.7 Å². The van der Waals surface area contributed by atoms with Gasteiger partial charge in [0.15, 0.2) is 5.96 Å². The number of hydrogen-bond acceptors (Lipinski definition) is 5. The van der Waals surface area contributed by atoms with Gasteiger partial charge in [-0.2, -0.15) is 4.98 Å². The van der Waals surface area contributed by atoms with E-state index in [1.54, 1.807) is 0 Å². The second-order valence-electron chi connectivity index (χ2n) is 7.05. The zero-order valence-electron chi connectivity index (χ0n) is 17.3. The van der Waals surface area contributed by atoms with E-state index in [0.29, 0.717) is 35.7 Å². The largest absolute Gasteiger partial charge is 0.356 e. The summed E-state index contributed by atoms with van der Waals surface area (Å²) in [5, 5.41) is 8.13. The first kappa shape index (κ1) is 23.9. The van der Waals surface area contributed by atoms with Gasteiger partial charge in [0.1, 0.15) is 0 Å². The van der Waals surface area contributed by atoms with E-state index in [0.717, 1.165) is 24.6 Å². The van der Waals surface area contributed by atoms with Gasteiger partial charge in [0.2, 0.25) is 11.7 Å². The fourth-order valence-corrected chi connectivity index (χ4v) is 3.79. The topological polar surface area (TPSA) is 69.8 Å². The van der Waals surface area contributed by atoms with Crippen LogP contribution >= 0.6 is 35.6 Å². The maximum absolute atomic E-state index is 5.92. The van der Waals surface area contributed by atoms with Gasteiger partial charge in [0, 0.05) is 50.2 Å². The van der Waals surface area contributed by atoms with Crippen LogP contribution in [0.25, 0.3) is 11.4 Å². The molecule has 0 amide bonds. The van der Waals surface area contributed by atoms with E-state index in [2.05, 4.69) is 44.2 Å². The lowest BCUT2D eigenvalue weighted by atomic mass is 10.2. The number of hydrogen-bond donors (Lipinski definition) is 1. The summed E-state index contributed by atoms with van der Waals surface area (Å²) < 4.78 is 5.37. The highest BCUT2D eigenvalue weighted by atomic mass is 127. The van der Waals surface area contributed by atoms with Crippen molar-refractivity contribution in [1.82, 2.24) is 25.3 Å². The first-order valence-electron chi connectivity index (χ1n) is 9.85. The number of likely N-dealkylation sites (tertiary alicyclic amines) is 1. The van der Waals surface area contributed by atoms with E-state index in [1.165, 1.54) is 19.4 Å². The number of benzene rings is 1. The SMILES string of the molecule is CCN1CCCC1CN(C)C(=NC)NCCc1nc(-c2ccc(Cl)cc2)no1.I. The highest BCUT2D eigenvalue weighted by Crippen LogP contribution is 2.19. The van der Waals surface area contributed by atoms with Crippen LogP contribution in [-0.4, -0.2) is 72.2 Å². The molecule has 2 aromatic rings. The third-order valence-electron chi connectivity index (χ3n) is 5.16. The number of aliphatic imine (C=N–C) groups is 1. The molecule has 0 aliphatic carbocycles. The smallest absolute Gasteiger partial charge is 0.228 e. The van der Waals surface area contributed by atoms with Crippen molar-refractivity contribution in [1.29, 1.82) is 0 Å². The van der Waals surface area contributed by atoms with Crippen LogP contribution in [0.3, 0.4) is 0 Å². The number of aromatic nitrogens is 2. The summed E-state index contributed by atoms with van der Waals surface area (Å²) in [4.78, 5) is 13.6. The molecule has 1 N–H and O–H groups in total. The summed E-state index contributed by atoms with van der Waals surface area (Å²) in [7, 11) is 3.91. The number of nitrogens with one attached hydrogen (secondary N) is 1. The van der Waals surface area contributed by atoms with Gasteiger partial charge < -0.3 is 14.7 Å². The molecular formula is C20H30ClIN6O. The maximum Gasteiger partial charge on any atom is 0.228 e. The lowest BCUT2D eigenvalue weighted by molar-refractivity contribution is 0.232. The molecule has 29 heavy (non-hydrogen) atoms. The molecule has 160 valence electrons. The van der Waals surface area contributed by atoms with Crippen LogP contribution in [-0.2, 0) is 6.42 Å². The van der Waals surface area contributed by atoms with Gasteiger partial charge in [0.25, 0.3) is 0 Å². The standard InChI is InChI=1S/C20H29ClN6O.HI/c1-4-27-13-5-6-17(27)14-26(3)20(22-2)23-12-11-18-24-19(25-28-18)15-7-9-16(21)10-8-15;/h7-10,17H,4-6,11-14H2,1-3H3,(H,22,23);1H. The Balaban J connectivity index is 0.00000300. The number of likely N-dealkylation sites (N-methyl/N-ethyl adjacent to an activating group) is 2. The molecule has 0 radical (unpaired) electrons. The van der Waals surface area contributed by atoms with Gasteiger partial charge in [-0.25, -0.2) is 0 Å². The Bertz CT molecular complexity index is 782. The Labute approximate surface area is 194 Å². The van der Waals surface area contributed by atoms with E-state index < -0.39 is 0 Å². The van der Waals surface area contributed by atoms with Crippen LogP contribution in [0.2, 0.25) is 5.02 Å². The Morgan fingerprint density at radius 3 is 2.83 bits per heavy atom. The molecule has 0 bridgehead atoms. The lowest BCUT2D eigenvalue weighted by Crippen LogP contribution is -2.46. The molecule has 1 unspecified atom stereocenters. The van der Waals surface area contributed by atoms with E-state index in [1.807, 2.05) is 31.3 Å². The van der Waals surface area contributed by atoms with Crippen molar-refractivity contribution in [2.75, 3.05) is 40.3 Å². The van der Waals surface area contributed by atoms with Crippen molar-refractivity contribution in [2.45, 2.75) is 32.2 Å². The molecule has 1 aromatic heterocycles. The second-order valence-corrected chi connectivity index (χ2v) is 7.48. The predicted octanol–water partition coefficient (Wildman–Crippen LogP) is 3.54. The van der Waals surface area contributed by atoms with Gasteiger partial charge in [-0.1, -0.05) is 23.7 Å². The minimum atomic E-state index is 0. The van der Waals surface area contributed by atoms with Gasteiger partial charge >= 0.3 is 0 Å². The molecule has 1 fully saturated rings. The Morgan fingerprint density at radius 2 is 2.14 bits per heavy atom. The summed E-state index contributed by atoms with van der Waals surface area (Å²) in [6.45, 7) is 6.20. The van der Waals surface area contributed by atoms with Gasteiger partial charge in [-0.3, -0.25) is 9.89 Å². The monoisotopic (exact) mass is 532 g/mol. The summed E-state index contributed by atoms with van der Waals surface area (Å²) in [5.41, 5.74) is 0.889. The fourth-order valence-electron chi connectivity index (χ4n) is 3.66. The molecular weight excluding hydrogens is 503 g/mol. The van der Waals surface area contributed by atoms with Crippen LogP contribution in [0.4, 0.5) is 0 Å². The highest BCUT2D eigenvalue weighted by Gasteiger charge is 2.24. The van der Waals surface area contributed by atoms with E-state index in [4.69, 9.17) is 16.1 Å². The maximum atomic E-state index is 5.92. The Hall–Kier alpha value is -1.39. The van der Waals surface area contributed by atoms with Crippen molar-refractivity contribution >= 4 is 41.5 Å². The number of guanidine groups is 1. The van der Waals surface area contributed by atoms with Crippen molar-refractivity contribution in [3.8, 4) is 11.4 Å². The molecule has 2 heterocycles. The number of halogens is 2. The Kier molecular flexibility index (Phi) is 9.64. The molecule has 1 aliphatic heterocycles. The minimum Gasteiger partial charge on any atom is -0.356 e. The zero-order chi connectivity index (χ0) is 19.9. The summed E-state index contributed by atoms with van der Waals surface area (Å²) in [6, 6.07) is 8.01. The number of rotatable bonds is 7. The molecule has 1 atom stereocenters. The van der Waals surface area contributed by atoms with Crippen molar-refractivity contribution in [3.63, 3.8) is 0 Å². The Morgan fingerprint density at radius 1 is 1.38 bits per heavy atom. The van der Waals surface area contributed by atoms with Crippen LogP contribution in [0.5, 0.6) is 0 Å². The molecule has 0 spiro atoms. The fraction of sp³-hybridized carbons (Fsp3) is 0.550. The van der Waals surface area contributed by atoms with Crippen molar-refractivity contribution in [3.05, 3.63) is 35.2 Å². The molecule has 1 aliphatic rings. The first-order valence-corrected chi connectivity index (χ1v) is 10.2. The molecule has 1 saturated heterocycles.